The molecule has 0 saturated heterocycles. The van der Waals surface area contributed by atoms with Crippen molar-refractivity contribution in [1.82, 2.24) is 5.32 Å². The molecule has 1 aliphatic heterocycles. The second-order valence-corrected chi connectivity index (χ2v) is 5.11. The van der Waals surface area contributed by atoms with Crippen molar-refractivity contribution in [3.63, 3.8) is 0 Å². The Balaban J connectivity index is 2.65. The monoisotopic (exact) mass is 328 g/mol. The summed E-state index contributed by atoms with van der Waals surface area (Å²) >= 11 is 0. The minimum Gasteiger partial charge on any atom is -0.463 e. The number of nitriles is 1. The number of carbonyl (C=O) groups excluding carboxylic acids is 1. The van der Waals surface area contributed by atoms with E-state index in [2.05, 4.69) is 5.32 Å². The fourth-order valence-electron chi connectivity index (χ4n) is 2.61. The fourth-order valence-corrected chi connectivity index (χ4v) is 2.61. The molecule has 1 aliphatic rings. The minimum atomic E-state index is -0.824. The first-order valence-corrected chi connectivity index (χ1v) is 7.19. The highest BCUT2D eigenvalue weighted by atomic mass is 16.6. The fraction of sp³-hybridized carbons (Fsp3) is 0.250. The number of non-ortho nitro benzene ring substituents is 1. The van der Waals surface area contributed by atoms with Crippen LogP contribution in [0.1, 0.15) is 25.3 Å². The van der Waals surface area contributed by atoms with Crippen LogP contribution in [0.5, 0.6) is 0 Å². The van der Waals surface area contributed by atoms with E-state index in [9.17, 15) is 20.2 Å². The lowest BCUT2D eigenvalue weighted by molar-refractivity contribution is -0.384. The molecule has 8 nitrogen and oxygen atoms in total. The number of nitrogens with two attached hydrogens (primary N) is 1. The first-order valence-electron chi connectivity index (χ1n) is 7.19. The highest BCUT2D eigenvalue weighted by molar-refractivity contribution is 5.93. The maximum absolute atomic E-state index is 12.4. The number of hydrogen-bond donors (Lipinski definition) is 2. The summed E-state index contributed by atoms with van der Waals surface area (Å²) in [6.45, 7) is 3.47. The number of ether oxygens (including phenoxy) is 1. The lowest BCUT2D eigenvalue weighted by Crippen LogP contribution is -2.32. The molecule has 2 rings (SSSR count). The zero-order valence-corrected chi connectivity index (χ0v) is 13.2. The Labute approximate surface area is 138 Å². The van der Waals surface area contributed by atoms with Crippen molar-refractivity contribution < 1.29 is 14.5 Å². The number of nitrogens with one attached hydrogen (secondary N) is 1. The Morgan fingerprint density at radius 3 is 2.83 bits per heavy atom. The van der Waals surface area contributed by atoms with Crippen molar-refractivity contribution in [2.75, 3.05) is 6.61 Å². The van der Waals surface area contributed by atoms with E-state index in [4.69, 9.17) is 10.5 Å². The number of rotatable bonds is 4. The van der Waals surface area contributed by atoms with Crippen LogP contribution < -0.4 is 11.1 Å². The van der Waals surface area contributed by atoms with Crippen molar-refractivity contribution in [3.05, 3.63) is 62.6 Å². The highest BCUT2D eigenvalue weighted by Gasteiger charge is 2.35. The van der Waals surface area contributed by atoms with Crippen LogP contribution in [0.15, 0.2) is 46.9 Å². The number of hydrogen-bond acceptors (Lipinski definition) is 7. The SMILES string of the molecule is CCOC(=O)C1=C(C)NC(N)=C(C#N)C1c1cccc([N+](=O)[O-])c1. The number of nitro groups is 1. The maximum atomic E-state index is 12.4. The number of allylic oxidation sites excluding steroid dienone is 2. The van der Waals surface area contributed by atoms with Gasteiger partial charge in [-0.2, -0.15) is 5.26 Å². The summed E-state index contributed by atoms with van der Waals surface area (Å²) in [5, 5.41) is 23.3. The smallest absolute Gasteiger partial charge is 0.336 e. The van der Waals surface area contributed by atoms with Gasteiger partial charge in [0.05, 0.1) is 34.7 Å². The Hall–Kier alpha value is -3.34. The second-order valence-electron chi connectivity index (χ2n) is 5.11. The number of nitrogens with zero attached hydrogens (tertiary/aromatic N) is 2. The molecule has 8 heteroatoms. The molecule has 0 amide bonds. The topological polar surface area (TPSA) is 131 Å². The summed E-state index contributed by atoms with van der Waals surface area (Å²) in [7, 11) is 0. The molecule has 1 unspecified atom stereocenters. The van der Waals surface area contributed by atoms with Gasteiger partial charge in [-0.15, -0.1) is 0 Å². The first kappa shape index (κ1) is 17.0. The predicted octanol–water partition coefficient (Wildman–Crippen LogP) is 1.81. The standard InChI is InChI=1S/C16H16N4O4/c1-3-24-16(21)13-9(2)19-15(18)12(8-17)14(13)10-5-4-6-11(7-10)20(22)23/h4-7,14,19H,3,18H2,1-2H3. The van der Waals surface area contributed by atoms with Crippen LogP contribution in [0.2, 0.25) is 0 Å². The lowest BCUT2D eigenvalue weighted by atomic mass is 9.82. The van der Waals surface area contributed by atoms with Crippen molar-refractivity contribution in [3.8, 4) is 6.07 Å². The number of esters is 1. The van der Waals surface area contributed by atoms with E-state index in [1.165, 1.54) is 18.2 Å². The molecule has 1 aromatic carbocycles. The molecule has 0 spiro atoms. The van der Waals surface area contributed by atoms with Crippen molar-refractivity contribution in [1.29, 1.82) is 5.26 Å². The van der Waals surface area contributed by atoms with E-state index in [-0.39, 0.29) is 29.3 Å². The molecule has 1 aromatic rings. The second kappa shape index (κ2) is 6.83. The molecule has 1 heterocycles. The van der Waals surface area contributed by atoms with Gasteiger partial charge in [-0.25, -0.2) is 4.79 Å². The number of dihydropyridines is 1. The van der Waals surface area contributed by atoms with Gasteiger partial charge in [0.1, 0.15) is 5.82 Å². The average molecular weight is 328 g/mol. The van der Waals surface area contributed by atoms with Gasteiger partial charge in [0.25, 0.3) is 5.69 Å². The number of benzene rings is 1. The van der Waals surface area contributed by atoms with E-state index in [0.717, 1.165) is 0 Å². The Morgan fingerprint density at radius 1 is 1.54 bits per heavy atom. The van der Waals surface area contributed by atoms with E-state index < -0.39 is 16.8 Å². The van der Waals surface area contributed by atoms with Crippen molar-refractivity contribution >= 4 is 11.7 Å². The van der Waals surface area contributed by atoms with Crippen molar-refractivity contribution in [2.24, 2.45) is 5.73 Å². The first-order chi connectivity index (χ1) is 11.4. The van der Waals surface area contributed by atoms with Gasteiger partial charge in [0.15, 0.2) is 0 Å². The minimum absolute atomic E-state index is 0.111. The molecule has 0 aromatic heterocycles. The van der Waals surface area contributed by atoms with Crippen LogP contribution in [-0.4, -0.2) is 17.5 Å². The lowest BCUT2D eigenvalue weighted by Gasteiger charge is -2.27. The zero-order valence-electron chi connectivity index (χ0n) is 13.2. The molecule has 124 valence electrons. The largest absolute Gasteiger partial charge is 0.463 e. The predicted molar refractivity (Wildman–Crippen MR) is 85.1 cm³/mol. The van der Waals surface area contributed by atoms with Gasteiger partial charge in [-0.3, -0.25) is 10.1 Å². The summed E-state index contributed by atoms with van der Waals surface area (Å²) in [5.41, 5.74) is 6.93. The van der Waals surface area contributed by atoms with E-state index >= 15 is 0 Å². The summed E-state index contributed by atoms with van der Waals surface area (Å²) < 4.78 is 5.07. The Morgan fingerprint density at radius 2 is 2.25 bits per heavy atom. The third-order valence-electron chi connectivity index (χ3n) is 3.62. The van der Waals surface area contributed by atoms with Crippen LogP contribution in [0.3, 0.4) is 0 Å². The normalized spacial score (nSPS) is 17.1. The van der Waals surface area contributed by atoms with Gasteiger partial charge in [0.2, 0.25) is 0 Å². The van der Waals surface area contributed by atoms with E-state index in [1.807, 2.05) is 6.07 Å². The average Bonchev–Trinajstić information content (AvgIpc) is 2.54. The molecule has 0 aliphatic carbocycles. The number of carbonyl (C=O) groups is 1. The van der Waals surface area contributed by atoms with E-state index in [0.29, 0.717) is 11.3 Å². The van der Waals surface area contributed by atoms with Gasteiger partial charge < -0.3 is 15.8 Å². The van der Waals surface area contributed by atoms with Gasteiger partial charge in [-0.05, 0) is 19.4 Å². The van der Waals surface area contributed by atoms with Crippen LogP contribution in [0.4, 0.5) is 5.69 Å². The van der Waals surface area contributed by atoms with Crippen molar-refractivity contribution in [2.45, 2.75) is 19.8 Å². The molecule has 1 atom stereocenters. The molecular weight excluding hydrogens is 312 g/mol. The van der Waals surface area contributed by atoms with Crippen LogP contribution in [0.25, 0.3) is 0 Å². The molecule has 24 heavy (non-hydrogen) atoms. The Kier molecular flexibility index (Phi) is 4.84. The molecule has 0 radical (unpaired) electrons. The summed E-state index contributed by atoms with van der Waals surface area (Å²) in [5.74, 6) is -1.31. The van der Waals surface area contributed by atoms with Crippen LogP contribution >= 0.6 is 0 Å². The molecule has 0 fully saturated rings. The Bertz CT molecular complexity index is 805. The van der Waals surface area contributed by atoms with Crippen LogP contribution in [0, 0.1) is 21.4 Å². The number of nitro benzene ring substituents is 1. The zero-order chi connectivity index (χ0) is 17.9. The third-order valence-corrected chi connectivity index (χ3v) is 3.62. The van der Waals surface area contributed by atoms with Gasteiger partial charge >= 0.3 is 5.97 Å². The highest BCUT2D eigenvalue weighted by Crippen LogP contribution is 2.38. The molecule has 0 saturated carbocycles. The van der Waals surface area contributed by atoms with Gasteiger partial charge in [0, 0.05) is 17.8 Å². The summed E-state index contributed by atoms with van der Waals surface area (Å²) in [6.07, 6.45) is 0. The third kappa shape index (κ3) is 3.05. The summed E-state index contributed by atoms with van der Waals surface area (Å²) in [6, 6.07) is 7.75. The molecular formula is C16H16N4O4. The maximum Gasteiger partial charge on any atom is 0.336 e. The quantitative estimate of drug-likeness (QED) is 0.489. The molecule has 3 N–H and O–H groups in total. The van der Waals surface area contributed by atoms with E-state index in [1.54, 1.807) is 19.9 Å². The van der Waals surface area contributed by atoms with Gasteiger partial charge in [-0.1, -0.05) is 12.1 Å². The molecule has 0 bridgehead atoms. The van der Waals surface area contributed by atoms with Crippen LogP contribution in [-0.2, 0) is 9.53 Å². The summed E-state index contributed by atoms with van der Waals surface area (Å²) in [4.78, 5) is 22.8.